The summed E-state index contributed by atoms with van der Waals surface area (Å²) in [4.78, 5) is 33.0. The minimum Gasteiger partial charge on any atom is -0.481 e. The SMILES string of the molecule is CCCCCC(C)(C)CNC(=O)N[C@@H](CC(=O)O)C(=O)O. The van der Waals surface area contributed by atoms with E-state index in [0.29, 0.717) is 6.54 Å². The fourth-order valence-corrected chi connectivity index (χ4v) is 1.85. The highest BCUT2D eigenvalue weighted by molar-refractivity contribution is 5.86. The predicted octanol–water partition coefficient (Wildman–Crippen LogP) is 1.82. The third-order valence-corrected chi connectivity index (χ3v) is 3.17. The summed E-state index contributed by atoms with van der Waals surface area (Å²) in [5.41, 5.74) is -0.0853. The zero-order chi connectivity index (χ0) is 16.5. The van der Waals surface area contributed by atoms with E-state index >= 15 is 0 Å². The largest absolute Gasteiger partial charge is 0.481 e. The highest BCUT2D eigenvalue weighted by Gasteiger charge is 2.24. The molecule has 7 heteroatoms. The molecule has 0 aliphatic rings. The van der Waals surface area contributed by atoms with Gasteiger partial charge in [-0.2, -0.15) is 0 Å². The number of carboxylic acids is 2. The van der Waals surface area contributed by atoms with E-state index in [9.17, 15) is 14.4 Å². The van der Waals surface area contributed by atoms with Crippen molar-refractivity contribution in [1.29, 1.82) is 0 Å². The standard InChI is InChI=1S/C14H26N2O5/c1-4-5-6-7-14(2,3)9-15-13(21)16-10(12(19)20)8-11(17)18/h10H,4-9H2,1-3H3,(H,17,18)(H,19,20)(H2,15,16,21)/t10-/m0/s1. The Balaban J connectivity index is 4.22. The molecule has 1 atom stereocenters. The molecule has 0 aromatic rings. The maximum absolute atomic E-state index is 11.6. The van der Waals surface area contributed by atoms with Crippen LogP contribution in [0.4, 0.5) is 4.79 Å². The van der Waals surface area contributed by atoms with Crippen molar-refractivity contribution in [2.75, 3.05) is 6.54 Å². The summed E-state index contributed by atoms with van der Waals surface area (Å²) in [5.74, 6) is -2.64. The van der Waals surface area contributed by atoms with Gasteiger partial charge in [-0.05, 0) is 11.8 Å². The van der Waals surface area contributed by atoms with Crippen LogP contribution in [-0.4, -0.2) is 40.8 Å². The number of unbranched alkanes of at least 4 members (excludes halogenated alkanes) is 2. The van der Waals surface area contributed by atoms with Crippen LogP contribution in [0.25, 0.3) is 0 Å². The molecule has 0 fully saturated rings. The molecule has 0 unspecified atom stereocenters. The lowest BCUT2D eigenvalue weighted by Gasteiger charge is -2.25. The van der Waals surface area contributed by atoms with Gasteiger partial charge in [0, 0.05) is 6.54 Å². The van der Waals surface area contributed by atoms with E-state index in [1.165, 1.54) is 0 Å². The highest BCUT2D eigenvalue weighted by atomic mass is 16.4. The number of amides is 2. The van der Waals surface area contributed by atoms with Gasteiger partial charge in [0.15, 0.2) is 0 Å². The van der Waals surface area contributed by atoms with E-state index in [-0.39, 0.29) is 5.41 Å². The van der Waals surface area contributed by atoms with Crippen LogP contribution in [-0.2, 0) is 9.59 Å². The fraction of sp³-hybridized carbons (Fsp3) is 0.786. The molecule has 0 heterocycles. The van der Waals surface area contributed by atoms with Gasteiger partial charge < -0.3 is 20.8 Å². The minimum absolute atomic E-state index is 0.0853. The summed E-state index contributed by atoms with van der Waals surface area (Å²) in [5, 5.41) is 22.2. The van der Waals surface area contributed by atoms with E-state index in [1.54, 1.807) is 0 Å². The summed E-state index contributed by atoms with van der Waals surface area (Å²) < 4.78 is 0. The average Bonchev–Trinajstić information content (AvgIpc) is 2.35. The Morgan fingerprint density at radius 1 is 1.14 bits per heavy atom. The van der Waals surface area contributed by atoms with Crippen LogP contribution in [0, 0.1) is 5.41 Å². The number of carbonyl (C=O) groups excluding carboxylic acids is 1. The molecule has 0 aliphatic carbocycles. The van der Waals surface area contributed by atoms with Gasteiger partial charge in [-0.3, -0.25) is 4.79 Å². The van der Waals surface area contributed by atoms with Crippen molar-refractivity contribution in [2.45, 2.75) is 58.9 Å². The molecule has 2 amide bonds. The normalized spacial score (nSPS) is 12.5. The second kappa shape index (κ2) is 9.20. The van der Waals surface area contributed by atoms with Crippen molar-refractivity contribution in [3.05, 3.63) is 0 Å². The molecular weight excluding hydrogens is 276 g/mol. The van der Waals surface area contributed by atoms with Crippen molar-refractivity contribution >= 4 is 18.0 Å². The van der Waals surface area contributed by atoms with Gasteiger partial charge in [0.1, 0.15) is 6.04 Å². The smallest absolute Gasteiger partial charge is 0.326 e. The second-order valence-corrected chi connectivity index (χ2v) is 5.94. The Labute approximate surface area is 125 Å². The van der Waals surface area contributed by atoms with Crippen molar-refractivity contribution in [3.8, 4) is 0 Å². The number of hydrogen-bond donors (Lipinski definition) is 4. The molecule has 4 N–H and O–H groups in total. The maximum Gasteiger partial charge on any atom is 0.326 e. The highest BCUT2D eigenvalue weighted by Crippen LogP contribution is 2.22. The summed E-state index contributed by atoms with van der Waals surface area (Å²) in [7, 11) is 0. The van der Waals surface area contributed by atoms with Gasteiger partial charge >= 0.3 is 18.0 Å². The Morgan fingerprint density at radius 2 is 1.76 bits per heavy atom. The molecule has 21 heavy (non-hydrogen) atoms. The molecule has 122 valence electrons. The topological polar surface area (TPSA) is 116 Å². The van der Waals surface area contributed by atoms with Gasteiger partial charge in [-0.25, -0.2) is 9.59 Å². The average molecular weight is 302 g/mol. The number of carbonyl (C=O) groups is 3. The molecule has 0 saturated carbocycles. The van der Waals surface area contributed by atoms with Crippen molar-refractivity contribution in [3.63, 3.8) is 0 Å². The lowest BCUT2D eigenvalue weighted by atomic mass is 9.87. The van der Waals surface area contributed by atoms with Gasteiger partial charge in [0.05, 0.1) is 6.42 Å². The lowest BCUT2D eigenvalue weighted by Crippen LogP contribution is -2.48. The Bertz CT molecular complexity index is 368. The Kier molecular flexibility index (Phi) is 8.42. The number of hydrogen-bond acceptors (Lipinski definition) is 3. The molecule has 0 spiro atoms. The second-order valence-electron chi connectivity index (χ2n) is 5.94. The molecule has 7 nitrogen and oxygen atoms in total. The summed E-state index contributed by atoms with van der Waals surface area (Å²) in [6.45, 7) is 6.57. The number of carboxylic acid groups (broad SMARTS) is 2. The van der Waals surface area contributed by atoms with Crippen LogP contribution >= 0.6 is 0 Å². The van der Waals surface area contributed by atoms with Crippen LogP contribution in [0.2, 0.25) is 0 Å². The Morgan fingerprint density at radius 3 is 2.24 bits per heavy atom. The van der Waals surface area contributed by atoms with Gasteiger partial charge in [0.25, 0.3) is 0 Å². The van der Waals surface area contributed by atoms with Crippen molar-refractivity contribution in [2.24, 2.45) is 5.41 Å². The molecule has 0 aliphatic heterocycles. The van der Waals surface area contributed by atoms with E-state index in [1.807, 2.05) is 13.8 Å². The van der Waals surface area contributed by atoms with Crippen LogP contribution < -0.4 is 10.6 Å². The first-order valence-corrected chi connectivity index (χ1v) is 7.17. The molecule has 0 radical (unpaired) electrons. The molecule has 0 aromatic carbocycles. The van der Waals surface area contributed by atoms with Crippen molar-refractivity contribution in [1.82, 2.24) is 10.6 Å². The zero-order valence-electron chi connectivity index (χ0n) is 12.9. The first-order valence-electron chi connectivity index (χ1n) is 7.17. The fourth-order valence-electron chi connectivity index (χ4n) is 1.85. The van der Waals surface area contributed by atoms with Gasteiger partial charge in [-0.15, -0.1) is 0 Å². The van der Waals surface area contributed by atoms with E-state index in [0.717, 1.165) is 25.7 Å². The number of rotatable bonds is 10. The molecular formula is C14H26N2O5. The zero-order valence-corrected chi connectivity index (χ0v) is 12.9. The maximum atomic E-state index is 11.6. The van der Waals surface area contributed by atoms with E-state index in [2.05, 4.69) is 17.6 Å². The van der Waals surface area contributed by atoms with Crippen molar-refractivity contribution < 1.29 is 24.6 Å². The third kappa shape index (κ3) is 9.70. The van der Waals surface area contributed by atoms with Crippen LogP contribution in [0.15, 0.2) is 0 Å². The summed E-state index contributed by atoms with van der Waals surface area (Å²) >= 11 is 0. The molecule has 0 bridgehead atoms. The number of nitrogens with one attached hydrogen (secondary N) is 2. The summed E-state index contributed by atoms with van der Waals surface area (Å²) in [6.07, 6.45) is 3.64. The van der Waals surface area contributed by atoms with E-state index < -0.39 is 30.4 Å². The molecule has 0 aromatic heterocycles. The Hall–Kier alpha value is -1.79. The van der Waals surface area contributed by atoms with E-state index in [4.69, 9.17) is 10.2 Å². The molecule has 0 rings (SSSR count). The van der Waals surface area contributed by atoms with Crippen LogP contribution in [0.3, 0.4) is 0 Å². The quantitative estimate of drug-likeness (QED) is 0.459. The molecule has 0 saturated heterocycles. The summed E-state index contributed by atoms with van der Waals surface area (Å²) in [6, 6.07) is -2.09. The first kappa shape index (κ1) is 19.2. The van der Waals surface area contributed by atoms with Gasteiger partial charge in [-0.1, -0.05) is 40.0 Å². The van der Waals surface area contributed by atoms with Gasteiger partial charge in [0.2, 0.25) is 0 Å². The minimum atomic E-state index is -1.43. The predicted molar refractivity (Wildman–Crippen MR) is 78.1 cm³/mol. The number of urea groups is 1. The van der Waals surface area contributed by atoms with Crippen LogP contribution in [0.5, 0.6) is 0 Å². The number of aliphatic carboxylic acids is 2. The third-order valence-electron chi connectivity index (χ3n) is 3.17. The lowest BCUT2D eigenvalue weighted by molar-refractivity contribution is -0.145. The monoisotopic (exact) mass is 302 g/mol. The van der Waals surface area contributed by atoms with Crippen LogP contribution in [0.1, 0.15) is 52.9 Å². The first-order chi connectivity index (χ1) is 9.68.